The minimum atomic E-state index is -0.469. The second-order valence-electron chi connectivity index (χ2n) is 5.75. The summed E-state index contributed by atoms with van der Waals surface area (Å²) in [5, 5.41) is 0. The molecule has 126 valence electrons. The van der Waals surface area contributed by atoms with Gasteiger partial charge in [-0.05, 0) is 6.42 Å². The van der Waals surface area contributed by atoms with Gasteiger partial charge in [0, 0.05) is 7.11 Å². The Balaban J connectivity index is 0. The molecule has 0 fully saturated rings. The van der Waals surface area contributed by atoms with Crippen molar-refractivity contribution >= 4 is 11.9 Å². The monoisotopic (exact) mass is 325 g/mol. The molecular weight excluding hydrogens is 298 g/mol. The molecule has 1 atom stereocenters. The van der Waals surface area contributed by atoms with Crippen molar-refractivity contribution in [2.75, 3.05) is 48.0 Å². The highest BCUT2D eigenvalue weighted by atomic mass is 35.5. The Morgan fingerprint density at radius 3 is 2.19 bits per heavy atom. The summed E-state index contributed by atoms with van der Waals surface area (Å²) in [5.41, 5.74) is 0. The van der Waals surface area contributed by atoms with Crippen molar-refractivity contribution in [3.63, 3.8) is 0 Å². The van der Waals surface area contributed by atoms with E-state index in [9.17, 15) is 9.59 Å². The lowest BCUT2D eigenvalue weighted by Crippen LogP contribution is -3.00. The maximum Gasteiger partial charge on any atom is 0.309 e. The van der Waals surface area contributed by atoms with Crippen LogP contribution in [-0.4, -0.2) is 70.5 Å². The van der Waals surface area contributed by atoms with Gasteiger partial charge in [-0.25, -0.2) is 0 Å². The molecule has 0 aliphatic heterocycles. The van der Waals surface area contributed by atoms with Crippen LogP contribution in [0.5, 0.6) is 0 Å². The lowest BCUT2D eigenvalue weighted by atomic mass is 10.2. The number of nitrogens with zero attached hydrogens (tertiary/aromatic N) is 1. The fourth-order valence-electron chi connectivity index (χ4n) is 1.65. The number of halogens is 1. The van der Waals surface area contributed by atoms with E-state index in [4.69, 9.17) is 14.2 Å². The Morgan fingerprint density at radius 2 is 1.71 bits per heavy atom. The highest BCUT2D eigenvalue weighted by Gasteiger charge is 2.25. The van der Waals surface area contributed by atoms with Gasteiger partial charge in [0.15, 0.2) is 6.10 Å². The third-order valence-corrected chi connectivity index (χ3v) is 2.42. The number of methoxy groups -OCH3 is 1. The lowest BCUT2D eigenvalue weighted by molar-refractivity contribution is -0.873. The molecule has 0 rings (SSSR count). The molecule has 7 heteroatoms. The van der Waals surface area contributed by atoms with Gasteiger partial charge in [0.25, 0.3) is 0 Å². The van der Waals surface area contributed by atoms with Gasteiger partial charge in [-0.3, -0.25) is 9.59 Å². The Hall–Kier alpha value is -0.850. The summed E-state index contributed by atoms with van der Waals surface area (Å²) in [6, 6.07) is 0. The van der Waals surface area contributed by atoms with Crippen molar-refractivity contribution in [1.82, 2.24) is 0 Å². The van der Waals surface area contributed by atoms with Crippen molar-refractivity contribution in [2.45, 2.75) is 32.3 Å². The molecule has 0 saturated heterocycles. The molecule has 21 heavy (non-hydrogen) atoms. The first-order valence-electron chi connectivity index (χ1n) is 6.93. The first-order valence-corrected chi connectivity index (χ1v) is 6.93. The average molecular weight is 326 g/mol. The van der Waals surface area contributed by atoms with Crippen LogP contribution in [0.1, 0.15) is 26.2 Å². The minimum Gasteiger partial charge on any atom is -1.00 e. The summed E-state index contributed by atoms with van der Waals surface area (Å²) >= 11 is 0. The molecule has 0 heterocycles. The van der Waals surface area contributed by atoms with E-state index in [1.54, 1.807) is 0 Å². The number of ether oxygens (including phenoxy) is 3. The van der Waals surface area contributed by atoms with E-state index in [1.807, 2.05) is 28.1 Å². The summed E-state index contributed by atoms with van der Waals surface area (Å²) < 4.78 is 15.8. The largest absolute Gasteiger partial charge is 1.00 e. The molecule has 0 aromatic rings. The molecule has 0 spiro atoms. The van der Waals surface area contributed by atoms with Crippen LogP contribution in [0, 0.1) is 0 Å². The SMILES string of the molecule is CCCOC(=O)C[C@H](C[N+](C)(C)C)OC(=O)CCOC.[Cl-]. The molecule has 0 radical (unpaired) electrons. The Kier molecular flexibility index (Phi) is 12.6. The summed E-state index contributed by atoms with van der Waals surface area (Å²) in [7, 11) is 7.47. The van der Waals surface area contributed by atoms with E-state index in [-0.39, 0.29) is 37.2 Å². The molecule has 0 amide bonds. The predicted octanol–water partition coefficient (Wildman–Crippen LogP) is -2.01. The molecule has 0 aromatic carbocycles. The summed E-state index contributed by atoms with van der Waals surface area (Å²) in [6.45, 7) is 3.20. The molecule has 0 N–H and O–H groups in total. The van der Waals surface area contributed by atoms with E-state index in [1.165, 1.54) is 7.11 Å². The average Bonchev–Trinajstić information content (AvgIpc) is 2.31. The highest BCUT2D eigenvalue weighted by Crippen LogP contribution is 2.08. The number of rotatable bonds is 10. The third kappa shape index (κ3) is 13.9. The zero-order valence-corrected chi connectivity index (χ0v) is 14.4. The van der Waals surface area contributed by atoms with Gasteiger partial charge in [0.2, 0.25) is 0 Å². The van der Waals surface area contributed by atoms with E-state index < -0.39 is 6.10 Å². The zero-order chi connectivity index (χ0) is 15.6. The second-order valence-corrected chi connectivity index (χ2v) is 5.75. The first kappa shape index (κ1) is 22.4. The highest BCUT2D eigenvalue weighted by molar-refractivity contribution is 5.72. The van der Waals surface area contributed by atoms with E-state index >= 15 is 0 Å². The van der Waals surface area contributed by atoms with Crippen molar-refractivity contribution < 1.29 is 40.7 Å². The first-order chi connectivity index (χ1) is 9.28. The second kappa shape index (κ2) is 11.8. The van der Waals surface area contributed by atoms with Crippen LogP contribution in [0.2, 0.25) is 0 Å². The number of likely N-dealkylation sites (N-methyl/N-ethyl adjacent to an activating group) is 1. The standard InChI is InChI=1S/C14H28NO5.ClH/c1-6-8-19-14(17)10-12(11-15(2,3)4)20-13(16)7-9-18-5;/h12H,6-11H2,1-5H3;1H/q+1;/p-1/t12-;/m1./s1. The molecular formula is C14H28ClNO5. The summed E-state index contributed by atoms with van der Waals surface area (Å²) in [6.07, 6.45) is 0.589. The van der Waals surface area contributed by atoms with Crippen molar-refractivity contribution in [2.24, 2.45) is 0 Å². The molecule has 0 aliphatic carbocycles. The minimum absolute atomic E-state index is 0. The maximum atomic E-state index is 11.6. The van der Waals surface area contributed by atoms with Crippen molar-refractivity contribution in [3.8, 4) is 0 Å². The number of carbonyl (C=O) groups excluding carboxylic acids is 2. The topological polar surface area (TPSA) is 61.8 Å². The molecule has 0 aliphatic rings. The molecule has 6 nitrogen and oxygen atoms in total. The van der Waals surface area contributed by atoms with Gasteiger partial charge in [-0.15, -0.1) is 0 Å². The Bertz CT molecular complexity index is 282. The van der Waals surface area contributed by atoms with E-state index in [2.05, 4.69) is 0 Å². The van der Waals surface area contributed by atoms with Crippen molar-refractivity contribution in [1.29, 1.82) is 0 Å². The quantitative estimate of drug-likeness (QED) is 0.343. The molecule has 0 aromatic heterocycles. The Labute approximate surface area is 133 Å². The van der Waals surface area contributed by atoms with Gasteiger partial charge >= 0.3 is 11.9 Å². The van der Waals surface area contributed by atoms with Gasteiger partial charge in [-0.2, -0.15) is 0 Å². The Morgan fingerprint density at radius 1 is 1.10 bits per heavy atom. The molecule has 0 unspecified atom stereocenters. The van der Waals surface area contributed by atoms with Gasteiger partial charge in [0.05, 0.1) is 47.2 Å². The number of hydrogen-bond donors (Lipinski definition) is 0. The fourth-order valence-corrected chi connectivity index (χ4v) is 1.65. The van der Waals surface area contributed by atoms with Crippen LogP contribution in [0.25, 0.3) is 0 Å². The van der Waals surface area contributed by atoms with Crippen LogP contribution in [0.3, 0.4) is 0 Å². The number of hydrogen-bond acceptors (Lipinski definition) is 5. The zero-order valence-electron chi connectivity index (χ0n) is 13.7. The van der Waals surface area contributed by atoms with Crippen LogP contribution in [0.15, 0.2) is 0 Å². The molecule has 0 saturated carbocycles. The van der Waals surface area contributed by atoms with Gasteiger partial charge in [0.1, 0.15) is 6.54 Å². The summed E-state index contributed by atoms with van der Waals surface area (Å²) in [4.78, 5) is 23.3. The lowest BCUT2D eigenvalue weighted by Gasteiger charge is -2.28. The van der Waals surface area contributed by atoms with Crippen LogP contribution < -0.4 is 12.4 Å². The van der Waals surface area contributed by atoms with E-state index in [0.717, 1.165) is 6.42 Å². The summed E-state index contributed by atoms with van der Waals surface area (Å²) in [5.74, 6) is -0.682. The normalized spacial score (nSPS) is 12.2. The van der Waals surface area contributed by atoms with Crippen LogP contribution in [-0.2, 0) is 23.8 Å². The smallest absolute Gasteiger partial charge is 0.309 e. The van der Waals surface area contributed by atoms with Gasteiger partial charge in [-0.1, -0.05) is 6.92 Å². The van der Waals surface area contributed by atoms with Crippen molar-refractivity contribution in [3.05, 3.63) is 0 Å². The third-order valence-electron chi connectivity index (χ3n) is 2.42. The molecule has 0 bridgehead atoms. The number of esters is 2. The maximum absolute atomic E-state index is 11.6. The number of quaternary nitrogens is 1. The predicted molar refractivity (Wildman–Crippen MR) is 75.1 cm³/mol. The van der Waals surface area contributed by atoms with E-state index in [0.29, 0.717) is 24.2 Å². The number of carbonyl (C=O) groups is 2. The van der Waals surface area contributed by atoms with Crippen LogP contribution >= 0.6 is 0 Å². The van der Waals surface area contributed by atoms with Gasteiger partial charge < -0.3 is 31.1 Å². The van der Waals surface area contributed by atoms with Crippen LogP contribution in [0.4, 0.5) is 0 Å². The fraction of sp³-hybridized carbons (Fsp3) is 0.857.